The summed E-state index contributed by atoms with van der Waals surface area (Å²) in [5, 5.41) is 0. The lowest BCUT2D eigenvalue weighted by molar-refractivity contribution is -0.128. The largest absolute Gasteiger partial charge is 0.490 e. The minimum atomic E-state index is -0.397. The van der Waals surface area contributed by atoms with Gasteiger partial charge in [0.05, 0.1) is 30.9 Å². The van der Waals surface area contributed by atoms with Crippen LogP contribution in [0.15, 0.2) is 59.9 Å². The van der Waals surface area contributed by atoms with Gasteiger partial charge in [-0.1, -0.05) is 37.6 Å². The number of methoxy groups -OCH3 is 2. The van der Waals surface area contributed by atoms with Crippen molar-refractivity contribution in [2.24, 2.45) is 0 Å². The van der Waals surface area contributed by atoms with Gasteiger partial charge in [0.15, 0.2) is 0 Å². The molecule has 0 fully saturated rings. The van der Waals surface area contributed by atoms with E-state index in [1.807, 2.05) is 69.0 Å². The van der Waals surface area contributed by atoms with Gasteiger partial charge in [0.2, 0.25) is 0 Å². The Bertz CT molecular complexity index is 1400. The van der Waals surface area contributed by atoms with Crippen molar-refractivity contribution >= 4 is 29.0 Å². The number of rotatable bonds is 16. The van der Waals surface area contributed by atoms with E-state index in [0.717, 1.165) is 70.8 Å². The smallest absolute Gasteiger partial charge is 0.344 e. The molecule has 0 saturated heterocycles. The van der Waals surface area contributed by atoms with Crippen molar-refractivity contribution in [3.63, 3.8) is 0 Å². The second kappa shape index (κ2) is 16.4. The lowest BCUT2D eigenvalue weighted by Crippen LogP contribution is -2.42. The summed E-state index contributed by atoms with van der Waals surface area (Å²) in [6.07, 6.45) is 10.8. The summed E-state index contributed by atoms with van der Waals surface area (Å²) in [4.78, 5) is 16.8. The van der Waals surface area contributed by atoms with E-state index in [1.54, 1.807) is 14.2 Å². The van der Waals surface area contributed by atoms with E-state index < -0.39 is 5.97 Å². The first-order valence-electron chi connectivity index (χ1n) is 15.9. The number of carbonyl (C=O) groups is 1. The molecule has 4 rings (SSSR count). The van der Waals surface area contributed by atoms with Gasteiger partial charge < -0.3 is 28.6 Å². The molecule has 1 aliphatic heterocycles. The van der Waals surface area contributed by atoms with Crippen molar-refractivity contribution in [2.75, 3.05) is 50.9 Å². The van der Waals surface area contributed by atoms with E-state index in [0.29, 0.717) is 30.3 Å². The maximum atomic E-state index is 14.4. The number of ether oxygens (including phenoxy) is 5. The second-order valence-electron chi connectivity index (χ2n) is 11.7. The summed E-state index contributed by atoms with van der Waals surface area (Å²) in [6.45, 7) is 11.9. The van der Waals surface area contributed by atoms with Gasteiger partial charge in [-0.25, -0.2) is 4.79 Å². The van der Waals surface area contributed by atoms with Crippen LogP contribution in [0, 0.1) is 20.8 Å². The zero-order chi connectivity index (χ0) is 32.5. The van der Waals surface area contributed by atoms with Gasteiger partial charge in [-0.05, 0) is 99.1 Å². The molecule has 2 aliphatic rings. The SMILES string of the molecule is CCC(CC)Oc1ccc2c(c1)C(C(=O)Oc1c(C)cc(C)cc1C)=C1C=C(OC(COC)COC)C=CC1N2CCCSC. The minimum absolute atomic E-state index is 0.0917. The molecule has 0 amide bonds. The van der Waals surface area contributed by atoms with Crippen molar-refractivity contribution in [2.45, 2.75) is 72.1 Å². The van der Waals surface area contributed by atoms with Gasteiger partial charge in [0.25, 0.3) is 0 Å². The number of allylic oxidation sites excluding steroid dienone is 1. The van der Waals surface area contributed by atoms with E-state index in [9.17, 15) is 4.79 Å². The number of anilines is 1. The zero-order valence-corrected chi connectivity index (χ0v) is 28.9. The molecule has 8 heteroatoms. The first kappa shape index (κ1) is 34.7. The fourth-order valence-corrected chi connectivity index (χ4v) is 6.57. The molecule has 1 unspecified atom stereocenters. The van der Waals surface area contributed by atoms with Gasteiger partial charge in [0.1, 0.15) is 23.4 Å². The Kier molecular flexibility index (Phi) is 12.6. The van der Waals surface area contributed by atoms with E-state index in [1.165, 1.54) is 0 Å². The standard InChI is InChI=1S/C37H49NO6S/c1-9-27(10-2)42-28-12-14-33-31(20-28)35(37(39)44-36-25(4)18-24(3)19-26(36)5)32-21-29(43-30(22-40-6)23-41-7)13-15-34(32)38(33)16-11-17-45-8/h12-15,18-21,27,30,34H,9-11,16-17,22-23H2,1-8H3. The number of carbonyl (C=O) groups excluding carboxylic acids is 1. The van der Waals surface area contributed by atoms with Crippen LogP contribution in [-0.2, 0) is 19.0 Å². The average Bonchev–Trinajstić information content (AvgIpc) is 3.01. The summed E-state index contributed by atoms with van der Waals surface area (Å²) in [6, 6.07) is 10.0. The van der Waals surface area contributed by atoms with Crippen LogP contribution in [-0.4, -0.2) is 70.2 Å². The molecule has 1 heterocycles. The summed E-state index contributed by atoms with van der Waals surface area (Å²) in [5.74, 6) is 2.62. The maximum absolute atomic E-state index is 14.4. The normalized spacial score (nSPS) is 15.7. The summed E-state index contributed by atoms with van der Waals surface area (Å²) in [7, 11) is 3.29. The monoisotopic (exact) mass is 635 g/mol. The van der Waals surface area contributed by atoms with E-state index in [2.05, 4.69) is 37.1 Å². The van der Waals surface area contributed by atoms with Crippen molar-refractivity contribution in [3.8, 4) is 11.5 Å². The Labute approximate surface area is 273 Å². The third kappa shape index (κ3) is 8.34. The van der Waals surface area contributed by atoms with Gasteiger partial charge in [-0.2, -0.15) is 11.8 Å². The van der Waals surface area contributed by atoms with Crippen molar-refractivity contribution in [1.82, 2.24) is 0 Å². The van der Waals surface area contributed by atoms with Crippen LogP contribution < -0.4 is 14.4 Å². The molecule has 0 spiro atoms. The van der Waals surface area contributed by atoms with Crippen LogP contribution in [0.2, 0.25) is 0 Å². The van der Waals surface area contributed by atoms with Crippen molar-refractivity contribution in [3.05, 3.63) is 82.1 Å². The molecule has 0 radical (unpaired) electrons. The molecule has 0 bridgehead atoms. The number of fused-ring (bicyclic) bond motifs is 2. The number of hydrogen-bond acceptors (Lipinski definition) is 8. The van der Waals surface area contributed by atoms with Gasteiger partial charge >= 0.3 is 5.97 Å². The fraction of sp³-hybridized carbons (Fsp3) is 0.486. The molecule has 2 aromatic rings. The van der Waals surface area contributed by atoms with E-state index >= 15 is 0 Å². The van der Waals surface area contributed by atoms with Crippen LogP contribution >= 0.6 is 11.8 Å². The highest BCUT2D eigenvalue weighted by molar-refractivity contribution is 7.98. The van der Waals surface area contributed by atoms with E-state index in [4.69, 9.17) is 23.7 Å². The highest BCUT2D eigenvalue weighted by Crippen LogP contribution is 2.44. The fourth-order valence-electron chi connectivity index (χ4n) is 6.15. The first-order valence-corrected chi connectivity index (χ1v) is 17.3. The van der Waals surface area contributed by atoms with Crippen LogP contribution in [0.4, 0.5) is 5.69 Å². The Morgan fingerprint density at radius 1 is 0.956 bits per heavy atom. The van der Waals surface area contributed by atoms with Crippen LogP contribution in [0.1, 0.15) is 55.4 Å². The van der Waals surface area contributed by atoms with Gasteiger partial charge in [0, 0.05) is 32.0 Å². The van der Waals surface area contributed by atoms with Gasteiger partial charge in [-0.15, -0.1) is 0 Å². The van der Waals surface area contributed by atoms with Gasteiger partial charge in [-0.3, -0.25) is 0 Å². The predicted octanol–water partition coefficient (Wildman–Crippen LogP) is 7.61. The number of hydrogen-bond donors (Lipinski definition) is 0. The lowest BCUT2D eigenvalue weighted by atomic mass is 9.85. The number of benzene rings is 2. The quantitative estimate of drug-likeness (QED) is 0.106. The van der Waals surface area contributed by atoms with Crippen molar-refractivity contribution in [1.29, 1.82) is 0 Å². The number of esters is 1. The molecule has 244 valence electrons. The first-order chi connectivity index (χ1) is 21.7. The van der Waals surface area contributed by atoms with Crippen LogP contribution in [0.5, 0.6) is 11.5 Å². The molecule has 45 heavy (non-hydrogen) atoms. The summed E-state index contributed by atoms with van der Waals surface area (Å²) >= 11 is 1.84. The molecule has 2 aromatic carbocycles. The maximum Gasteiger partial charge on any atom is 0.344 e. The zero-order valence-electron chi connectivity index (χ0n) is 28.1. The molecule has 0 saturated carbocycles. The molecule has 7 nitrogen and oxygen atoms in total. The topological polar surface area (TPSA) is 66.5 Å². The molecular weight excluding hydrogens is 586 g/mol. The Morgan fingerprint density at radius 2 is 1.64 bits per heavy atom. The Morgan fingerprint density at radius 3 is 2.27 bits per heavy atom. The van der Waals surface area contributed by atoms with E-state index in [-0.39, 0.29) is 18.2 Å². The molecule has 0 N–H and O–H groups in total. The minimum Gasteiger partial charge on any atom is -0.490 e. The summed E-state index contributed by atoms with van der Waals surface area (Å²) < 4.78 is 29.8. The number of thioether (sulfide) groups is 1. The molecule has 1 atom stereocenters. The average molecular weight is 636 g/mol. The number of aryl methyl sites for hydroxylation is 3. The Hall–Kier alpha value is -3.20. The van der Waals surface area contributed by atoms with Crippen LogP contribution in [0.25, 0.3) is 5.57 Å². The summed E-state index contributed by atoms with van der Waals surface area (Å²) in [5.41, 5.74) is 6.13. The predicted molar refractivity (Wildman–Crippen MR) is 185 cm³/mol. The highest BCUT2D eigenvalue weighted by Gasteiger charge is 2.37. The highest BCUT2D eigenvalue weighted by atomic mass is 32.2. The molecular formula is C37H49NO6S. The third-order valence-electron chi connectivity index (χ3n) is 8.20. The Balaban J connectivity index is 1.88. The second-order valence-corrected chi connectivity index (χ2v) is 12.7. The van der Waals surface area contributed by atoms with Crippen LogP contribution in [0.3, 0.4) is 0 Å². The lowest BCUT2D eigenvalue weighted by Gasteiger charge is -2.40. The van der Waals surface area contributed by atoms with Crippen molar-refractivity contribution < 1.29 is 28.5 Å². The molecule has 0 aromatic heterocycles. The number of nitrogens with zero attached hydrogens (tertiary/aromatic N) is 1. The molecule has 1 aliphatic carbocycles. The third-order valence-corrected chi connectivity index (χ3v) is 8.90.